The SMILES string of the molecule is CCCNC(=O)[C@H](Cc1ccccc1)N(Cc1ccc(Br)cc1)C(=O)CN(c1ccccc1OC)S(=O)(=O)c1ccc(OC)cc1. The third-order valence-corrected chi connectivity index (χ3v) is 9.67. The normalized spacial score (nSPS) is 11.7. The van der Waals surface area contributed by atoms with Crippen molar-refractivity contribution in [2.75, 3.05) is 31.6 Å². The Morgan fingerprint density at radius 1 is 0.826 bits per heavy atom. The maximum Gasteiger partial charge on any atom is 0.264 e. The van der Waals surface area contributed by atoms with E-state index >= 15 is 0 Å². The van der Waals surface area contributed by atoms with Crippen molar-refractivity contribution in [3.63, 3.8) is 0 Å². The highest BCUT2D eigenvalue weighted by Crippen LogP contribution is 2.33. The number of benzene rings is 4. The molecule has 242 valence electrons. The number of rotatable bonds is 15. The molecule has 9 nitrogen and oxygen atoms in total. The first-order chi connectivity index (χ1) is 22.2. The van der Waals surface area contributed by atoms with Gasteiger partial charge in [0, 0.05) is 24.0 Å². The zero-order chi connectivity index (χ0) is 33.1. The Hall–Kier alpha value is -4.35. The van der Waals surface area contributed by atoms with Gasteiger partial charge in [0.25, 0.3) is 10.0 Å². The average molecular weight is 709 g/mol. The van der Waals surface area contributed by atoms with Gasteiger partial charge in [0.05, 0.1) is 24.8 Å². The molecule has 0 aromatic heterocycles. The van der Waals surface area contributed by atoms with E-state index in [0.29, 0.717) is 18.7 Å². The van der Waals surface area contributed by atoms with Crippen LogP contribution in [0.2, 0.25) is 0 Å². The third-order valence-electron chi connectivity index (χ3n) is 7.37. The number of sulfonamides is 1. The van der Waals surface area contributed by atoms with Crippen molar-refractivity contribution in [3.8, 4) is 11.5 Å². The molecule has 0 fully saturated rings. The summed E-state index contributed by atoms with van der Waals surface area (Å²) >= 11 is 3.45. The molecule has 0 saturated carbocycles. The Labute approximate surface area is 279 Å². The van der Waals surface area contributed by atoms with Crippen molar-refractivity contribution in [2.45, 2.75) is 37.2 Å². The summed E-state index contributed by atoms with van der Waals surface area (Å²) in [5, 5.41) is 2.95. The molecule has 11 heteroatoms. The van der Waals surface area contributed by atoms with Crippen LogP contribution in [0.3, 0.4) is 0 Å². The van der Waals surface area contributed by atoms with Gasteiger partial charge in [-0.15, -0.1) is 0 Å². The van der Waals surface area contributed by atoms with Gasteiger partial charge in [-0.25, -0.2) is 8.42 Å². The van der Waals surface area contributed by atoms with Crippen molar-refractivity contribution in [1.29, 1.82) is 0 Å². The molecule has 1 N–H and O–H groups in total. The summed E-state index contributed by atoms with van der Waals surface area (Å²) in [6.07, 6.45) is 0.949. The van der Waals surface area contributed by atoms with E-state index in [1.165, 1.54) is 31.3 Å². The van der Waals surface area contributed by atoms with E-state index in [0.717, 1.165) is 19.9 Å². The zero-order valence-electron chi connectivity index (χ0n) is 26.1. The largest absolute Gasteiger partial charge is 0.497 e. The second-order valence-corrected chi connectivity index (χ2v) is 13.3. The van der Waals surface area contributed by atoms with Gasteiger partial charge in [-0.3, -0.25) is 13.9 Å². The van der Waals surface area contributed by atoms with Crippen molar-refractivity contribution in [2.24, 2.45) is 0 Å². The van der Waals surface area contributed by atoms with E-state index in [1.54, 1.807) is 36.4 Å². The minimum atomic E-state index is -4.29. The van der Waals surface area contributed by atoms with Crippen LogP contribution >= 0.6 is 15.9 Å². The number of hydrogen-bond acceptors (Lipinski definition) is 6. The molecule has 4 aromatic carbocycles. The fraction of sp³-hybridized carbons (Fsp3) is 0.257. The van der Waals surface area contributed by atoms with E-state index in [4.69, 9.17) is 9.47 Å². The number of halogens is 1. The molecule has 0 aliphatic carbocycles. The van der Waals surface area contributed by atoms with Crippen molar-refractivity contribution in [3.05, 3.63) is 119 Å². The Bertz CT molecular complexity index is 1700. The molecule has 0 aliphatic heterocycles. The second kappa shape index (κ2) is 16.3. The summed E-state index contributed by atoms with van der Waals surface area (Å²) in [4.78, 5) is 29.7. The van der Waals surface area contributed by atoms with E-state index in [-0.39, 0.29) is 35.2 Å². The lowest BCUT2D eigenvalue weighted by Crippen LogP contribution is -2.53. The molecule has 0 aliphatic rings. The molecule has 0 saturated heterocycles. The number of anilines is 1. The van der Waals surface area contributed by atoms with Crippen molar-refractivity contribution in [1.82, 2.24) is 10.2 Å². The van der Waals surface area contributed by atoms with Gasteiger partial charge in [-0.1, -0.05) is 77.5 Å². The first-order valence-electron chi connectivity index (χ1n) is 14.8. The molecule has 4 aromatic rings. The Morgan fingerprint density at radius 3 is 2.11 bits per heavy atom. The quantitative estimate of drug-likeness (QED) is 0.167. The number of hydrogen-bond donors (Lipinski definition) is 1. The lowest BCUT2D eigenvalue weighted by molar-refractivity contribution is -0.140. The molecule has 0 spiro atoms. The van der Waals surface area contributed by atoms with Gasteiger partial charge in [0.1, 0.15) is 24.1 Å². The first kappa shape index (κ1) is 34.5. The predicted octanol–water partition coefficient (Wildman–Crippen LogP) is 5.83. The third kappa shape index (κ3) is 8.67. The average Bonchev–Trinajstić information content (AvgIpc) is 3.08. The van der Waals surface area contributed by atoms with Gasteiger partial charge < -0.3 is 19.7 Å². The van der Waals surface area contributed by atoms with Gasteiger partial charge >= 0.3 is 0 Å². The minimum Gasteiger partial charge on any atom is -0.497 e. The molecular weight excluding hydrogens is 670 g/mol. The standard InChI is InChI=1S/C35H38BrN3O6S/c1-4-22-37-35(41)32(23-26-10-6-5-7-11-26)38(24-27-14-16-28(36)17-15-27)34(40)25-39(31-12-8-9-13-33(31)45-3)46(42,43)30-20-18-29(44-2)19-21-30/h5-21,32H,4,22-25H2,1-3H3,(H,37,41)/t32-/m0/s1. The molecular formula is C35H38BrN3O6S. The Balaban J connectivity index is 1.82. The highest BCUT2D eigenvalue weighted by Gasteiger charge is 2.35. The molecule has 0 heterocycles. The highest BCUT2D eigenvalue weighted by molar-refractivity contribution is 9.10. The van der Waals surface area contributed by atoms with Crippen LogP contribution in [-0.2, 0) is 32.6 Å². The van der Waals surface area contributed by atoms with Crippen molar-refractivity contribution < 1.29 is 27.5 Å². The monoisotopic (exact) mass is 707 g/mol. The van der Waals surface area contributed by atoms with Crippen LogP contribution in [0.5, 0.6) is 11.5 Å². The van der Waals surface area contributed by atoms with Crippen LogP contribution in [0.15, 0.2) is 112 Å². The highest BCUT2D eigenvalue weighted by atomic mass is 79.9. The van der Waals surface area contributed by atoms with Crippen molar-refractivity contribution >= 4 is 43.5 Å². The summed E-state index contributed by atoms with van der Waals surface area (Å²) in [7, 11) is -1.37. The summed E-state index contributed by atoms with van der Waals surface area (Å²) in [6, 6.07) is 28.5. The molecule has 0 radical (unpaired) electrons. The van der Waals surface area contributed by atoms with Crippen LogP contribution in [0.25, 0.3) is 0 Å². The molecule has 0 unspecified atom stereocenters. The maximum absolute atomic E-state index is 14.6. The lowest BCUT2D eigenvalue weighted by atomic mass is 10.0. The second-order valence-electron chi connectivity index (χ2n) is 10.5. The number of para-hydroxylation sites is 2. The smallest absolute Gasteiger partial charge is 0.264 e. The van der Waals surface area contributed by atoms with Crippen LogP contribution in [-0.4, -0.2) is 58.5 Å². The molecule has 0 bridgehead atoms. The summed E-state index contributed by atoms with van der Waals surface area (Å²) in [5.74, 6) is -0.119. The Morgan fingerprint density at radius 2 is 1.48 bits per heavy atom. The molecule has 2 amide bonds. The van der Waals surface area contributed by atoms with E-state index < -0.39 is 28.5 Å². The van der Waals surface area contributed by atoms with Crippen LogP contribution in [0, 0.1) is 0 Å². The number of carbonyl (C=O) groups is 2. The zero-order valence-corrected chi connectivity index (χ0v) is 28.5. The first-order valence-corrected chi connectivity index (χ1v) is 17.1. The molecule has 1 atom stereocenters. The van der Waals surface area contributed by atoms with E-state index in [2.05, 4.69) is 21.2 Å². The van der Waals surface area contributed by atoms with E-state index in [9.17, 15) is 18.0 Å². The number of ether oxygens (including phenoxy) is 2. The van der Waals surface area contributed by atoms with Crippen LogP contribution < -0.4 is 19.1 Å². The fourth-order valence-corrected chi connectivity index (χ4v) is 6.62. The van der Waals surface area contributed by atoms with E-state index in [1.807, 2.05) is 61.5 Å². The lowest BCUT2D eigenvalue weighted by Gasteiger charge is -2.34. The predicted molar refractivity (Wildman–Crippen MR) is 182 cm³/mol. The topological polar surface area (TPSA) is 105 Å². The Kier molecular flexibility index (Phi) is 12.2. The van der Waals surface area contributed by atoms with Gasteiger partial charge in [0.15, 0.2) is 0 Å². The maximum atomic E-state index is 14.6. The van der Waals surface area contributed by atoms with Gasteiger partial charge in [-0.2, -0.15) is 0 Å². The summed E-state index contributed by atoms with van der Waals surface area (Å²) in [5.41, 5.74) is 1.83. The molecule has 4 rings (SSSR count). The van der Waals surface area contributed by atoms with Gasteiger partial charge in [-0.05, 0) is 66.1 Å². The van der Waals surface area contributed by atoms with Crippen LogP contribution in [0.1, 0.15) is 24.5 Å². The fourth-order valence-electron chi connectivity index (χ4n) is 4.93. The summed E-state index contributed by atoms with van der Waals surface area (Å²) in [6.45, 7) is 1.87. The minimum absolute atomic E-state index is 0.0343. The van der Waals surface area contributed by atoms with Gasteiger partial charge in [0.2, 0.25) is 11.8 Å². The number of nitrogens with zero attached hydrogens (tertiary/aromatic N) is 2. The number of amides is 2. The van der Waals surface area contributed by atoms with Crippen LogP contribution in [0.4, 0.5) is 5.69 Å². The number of methoxy groups -OCH3 is 2. The molecule has 46 heavy (non-hydrogen) atoms. The summed E-state index contributed by atoms with van der Waals surface area (Å²) < 4.78 is 41.2. The number of carbonyl (C=O) groups excluding carboxylic acids is 2. The number of nitrogens with one attached hydrogen (secondary N) is 1.